The van der Waals surface area contributed by atoms with E-state index in [9.17, 15) is 9.18 Å². The fourth-order valence-electron chi connectivity index (χ4n) is 3.19. The van der Waals surface area contributed by atoms with Crippen molar-refractivity contribution in [2.75, 3.05) is 31.1 Å². The minimum Gasteiger partial charge on any atom is -0.444 e. The number of anilines is 1. The number of ether oxygens (including phenoxy) is 1. The molecule has 0 N–H and O–H groups in total. The van der Waals surface area contributed by atoms with Crippen LogP contribution in [0.15, 0.2) is 22.3 Å². The van der Waals surface area contributed by atoms with Crippen LogP contribution in [-0.2, 0) is 14.0 Å². The number of halogens is 1. The number of nitrogens with zero attached hydrogens (tertiary/aromatic N) is 2. The van der Waals surface area contributed by atoms with Crippen molar-refractivity contribution < 1.29 is 27.6 Å². The van der Waals surface area contributed by atoms with Crippen molar-refractivity contribution in [1.82, 2.24) is 4.90 Å². The van der Waals surface area contributed by atoms with Gasteiger partial charge in [-0.2, -0.15) is 0 Å². The molecule has 166 valence electrons. The van der Waals surface area contributed by atoms with Gasteiger partial charge in [-0.15, -0.1) is 0 Å². The van der Waals surface area contributed by atoms with Gasteiger partial charge in [0.05, 0.1) is 11.2 Å². The van der Waals surface area contributed by atoms with Gasteiger partial charge in [0.2, 0.25) is 0 Å². The van der Waals surface area contributed by atoms with Gasteiger partial charge in [-0.3, -0.25) is 0 Å². The fraction of sp³-hybridized carbons (Fsp3) is 0.667. The van der Waals surface area contributed by atoms with Gasteiger partial charge in [0.15, 0.2) is 5.88 Å². The summed E-state index contributed by atoms with van der Waals surface area (Å²) in [5, 5.41) is 0. The van der Waals surface area contributed by atoms with Crippen LogP contribution in [0.5, 0.6) is 0 Å². The largest absolute Gasteiger partial charge is 0.525 e. The lowest BCUT2D eigenvalue weighted by Gasteiger charge is -2.35. The van der Waals surface area contributed by atoms with Crippen LogP contribution in [0.25, 0.3) is 6.08 Å². The normalized spacial score (nSPS) is 21.9. The summed E-state index contributed by atoms with van der Waals surface area (Å²) in [4.78, 5) is 15.9. The molecule has 0 unspecified atom stereocenters. The number of furan rings is 1. The van der Waals surface area contributed by atoms with Crippen LogP contribution in [0.1, 0.15) is 54.2 Å². The highest BCUT2D eigenvalue weighted by Crippen LogP contribution is 2.39. The molecule has 2 fully saturated rings. The van der Waals surface area contributed by atoms with Crippen molar-refractivity contribution in [3.63, 3.8) is 0 Å². The summed E-state index contributed by atoms with van der Waals surface area (Å²) in [6, 6.07) is 3.51. The van der Waals surface area contributed by atoms with E-state index in [4.69, 9.17) is 18.5 Å². The third kappa shape index (κ3) is 5.00. The summed E-state index contributed by atoms with van der Waals surface area (Å²) in [7, 11) is -1.05. The second-order valence-corrected chi connectivity index (χ2v) is 9.75. The van der Waals surface area contributed by atoms with E-state index in [2.05, 4.69) is 0 Å². The van der Waals surface area contributed by atoms with E-state index in [-0.39, 0.29) is 6.09 Å². The number of hydrogen-bond donors (Lipinski definition) is 0. The van der Waals surface area contributed by atoms with E-state index in [1.807, 2.05) is 53.4 Å². The Morgan fingerprint density at radius 3 is 2.20 bits per heavy atom. The average Bonchev–Trinajstić information content (AvgIpc) is 3.15. The number of carbonyl (C=O) groups excluding carboxylic acids is 1. The number of carbonyl (C=O) groups is 1. The Kier molecular flexibility index (Phi) is 5.99. The van der Waals surface area contributed by atoms with Crippen molar-refractivity contribution >= 4 is 25.2 Å². The lowest BCUT2D eigenvalue weighted by atomic mass is 9.87. The maximum absolute atomic E-state index is 14.7. The summed E-state index contributed by atoms with van der Waals surface area (Å²) in [6.45, 7) is 15.3. The van der Waals surface area contributed by atoms with E-state index in [1.54, 1.807) is 17.0 Å². The summed E-state index contributed by atoms with van der Waals surface area (Å²) >= 11 is 0. The molecule has 2 saturated heterocycles. The molecule has 7 nitrogen and oxygen atoms in total. The zero-order chi connectivity index (χ0) is 22.3. The Balaban J connectivity index is 1.58. The molecule has 3 heterocycles. The first kappa shape index (κ1) is 22.7. The number of piperazine rings is 1. The Hall–Kier alpha value is -2.00. The Morgan fingerprint density at radius 2 is 1.67 bits per heavy atom. The van der Waals surface area contributed by atoms with Gasteiger partial charge in [0.25, 0.3) is 0 Å². The molecule has 2 aliphatic heterocycles. The summed E-state index contributed by atoms with van der Waals surface area (Å²) in [5.74, 6) is 1.01. The van der Waals surface area contributed by atoms with E-state index < -0.39 is 29.6 Å². The van der Waals surface area contributed by atoms with Crippen LogP contribution in [0.2, 0.25) is 0 Å². The maximum atomic E-state index is 14.7. The van der Waals surface area contributed by atoms with Gasteiger partial charge in [0.1, 0.15) is 17.1 Å². The monoisotopic (exact) mass is 422 g/mol. The molecule has 0 spiro atoms. The molecule has 0 saturated carbocycles. The highest BCUT2D eigenvalue weighted by atomic mass is 19.1. The third-order valence-corrected chi connectivity index (χ3v) is 5.61. The molecule has 1 amide bonds. The Bertz CT molecular complexity index is 791. The standard InChI is InChI=1S/C21H32BFN2O5/c1-19(2,3)28-18(26)25-12-10-24(11-13-25)17-9-8-15(27-17)14-16(23)22-29-20(4,5)21(6,7)30-22/h8-9,14H,10-13H2,1-7H3. The SMILES string of the molecule is CC(C)(C)OC(=O)N1CCN(c2ccc(C=C(F)B3OC(C)(C)C(C)(C)O3)o2)CC1. The number of amides is 1. The zero-order valence-electron chi connectivity index (χ0n) is 19.0. The predicted molar refractivity (Wildman–Crippen MR) is 114 cm³/mol. The van der Waals surface area contributed by atoms with Gasteiger partial charge in [-0.25, -0.2) is 9.18 Å². The van der Waals surface area contributed by atoms with Crippen LogP contribution in [0.4, 0.5) is 15.1 Å². The van der Waals surface area contributed by atoms with Gasteiger partial charge in [-0.05, 0) is 54.5 Å². The van der Waals surface area contributed by atoms with Gasteiger partial charge < -0.3 is 28.3 Å². The minimum atomic E-state index is -1.05. The first-order chi connectivity index (χ1) is 13.8. The second kappa shape index (κ2) is 7.92. The lowest BCUT2D eigenvalue weighted by Crippen LogP contribution is -2.50. The number of rotatable bonds is 3. The first-order valence-electron chi connectivity index (χ1n) is 10.3. The predicted octanol–water partition coefficient (Wildman–Crippen LogP) is 4.28. The first-order valence-corrected chi connectivity index (χ1v) is 10.3. The highest BCUT2D eigenvalue weighted by Gasteiger charge is 2.53. The topological polar surface area (TPSA) is 64.4 Å². The molecule has 9 heteroatoms. The zero-order valence-corrected chi connectivity index (χ0v) is 19.0. The highest BCUT2D eigenvalue weighted by molar-refractivity contribution is 6.54. The van der Waals surface area contributed by atoms with Crippen LogP contribution in [0, 0.1) is 0 Å². The third-order valence-electron chi connectivity index (χ3n) is 5.61. The summed E-state index contributed by atoms with van der Waals surface area (Å²) < 4.78 is 37.3. The number of hydrogen-bond acceptors (Lipinski definition) is 6. The molecule has 0 aromatic carbocycles. The molecular weight excluding hydrogens is 390 g/mol. The molecule has 0 aliphatic carbocycles. The molecule has 0 atom stereocenters. The quantitative estimate of drug-likeness (QED) is 0.678. The molecule has 2 aliphatic rings. The maximum Gasteiger partial charge on any atom is 0.525 e. The van der Waals surface area contributed by atoms with Crippen LogP contribution < -0.4 is 4.90 Å². The van der Waals surface area contributed by atoms with Crippen LogP contribution in [0.3, 0.4) is 0 Å². The van der Waals surface area contributed by atoms with E-state index in [0.717, 1.165) is 0 Å². The van der Waals surface area contributed by atoms with E-state index in [1.165, 1.54) is 6.08 Å². The second-order valence-electron chi connectivity index (χ2n) is 9.75. The molecule has 1 aromatic heterocycles. The average molecular weight is 422 g/mol. The molecular formula is C21H32BFN2O5. The summed E-state index contributed by atoms with van der Waals surface area (Å²) in [5.41, 5.74) is -2.27. The summed E-state index contributed by atoms with van der Waals surface area (Å²) in [6.07, 6.45) is 0.984. The van der Waals surface area contributed by atoms with Crippen LogP contribution >= 0.6 is 0 Å². The smallest absolute Gasteiger partial charge is 0.444 e. The lowest BCUT2D eigenvalue weighted by molar-refractivity contribution is 0.00578. The van der Waals surface area contributed by atoms with Crippen molar-refractivity contribution in [3.05, 3.63) is 23.6 Å². The van der Waals surface area contributed by atoms with Crippen LogP contribution in [-0.4, -0.2) is 61.1 Å². The molecule has 0 radical (unpaired) electrons. The van der Waals surface area contributed by atoms with E-state index in [0.29, 0.717) is 37.8 Å². The van der Waals surface area contributed by atoms with Gasteiger partial charge in [-0.1, -0.05) is 0 Å². The minimum absolute atomic E-state index is 0.310. The van der Waals surface area contributed by atoms with Crippen molar-refractivity contribution in [2.24, 2.45) is 0 Å². The molecule has 30 heavy (non-hydrogen) atoms. The van der Waals surface area contributed by atoms with Gasteiger partial charge >= 0.3 is 13.2 Å². The fourth-order valence-corrected chi connectivity index (χ4v) is 3.19. The van der Waals surface area contributed by atoms with Gasteiger partial charge in [0, 0.05) is 38.3 Å². The van der Waals surface area contributed by atoms with Crippen molar-refractivity contribution in [1.29, 1.82) is 0 Å². The Morgan fingerprint density at radius 1 is 1.10 bits per heavy atom. The van der Waals surface area contributed by atoms with E-state index >= 15 is 0 Å². The Labute approximate surface area is 178 Å². The molecule has 1 aromatic rings. The van der Waals surface area contributed by atoms with Crippen molar-refractivity contribution in [2.45, 2.75) is 65.3 Å². The molecule has 3 rings (SSSR count). The molecule has 0 bridgehead atoms. The van der Waals surface area contributed by atoms with Crippen molar-refractivity contribution in [3.8, 4) is 0 Å².